The minimum Gasteiger partial charge on any atom is -0.381 e. The number of nitrogens with zero attached hydrogens (tertiary/aromatic N) is 2. The number of aromatic nitrogens is 2. The summed E-state index contributed by atoms with van der Waals surface area (Å²) < 4.78 is 11.2. The van der Waals surface area contributed by atoms with Gasteiger partial charge in [-0.1, -0.05) is 6.92 Å². The summed E-state index contributed by atoms with van der Waals surface area (Å²) in [6, 6.07) is 0. The number of nitrogens with one attached hydrogen (secondary N) is 1. The Kier molecular flexibility index (Phi) is 5.67. The molecule has 0 atom stereocenters. The molecule has 0 amide bonds. The Morgan fingerprint density at radius 2 is 1.81 bits per heavy atom. The van der Waals surface area contributed by atoms with Crippen molar-refractivity contribution in [3.63, 3.8) is 0 Å². The molecule has 5 heteroatoms. The largest absolute Gasteiger partial charge is 0.381 e. The number of rotatable bonds is 6. The first-order valence-electron chi connectivity index (χ1n) is 7.81. The summed E-state index contributed by atoms with van der Waals surface area (Å²) in [6.45, 7) is 9.62. The van der Waals surface area contributed by atoms with E-state index in [9.17, 15) is 0 Å². The number of hydrogen-bond acceptors (Lipinski definition) is 5. The molecule has 2 heterocycles. The molecule has 0 radical (unpaired) electrons. The molecule has 0 saturated carbocycles. The lowest BCUT2D eigenvalue weighted by Gasteiger charge is -2.34. The second-order valence-electron chi connectivity index (χ2n) is 5.61. The zero-order chi connectivity index (χ0) is 15.3. The smallest absolute Gasteiger partial charge is 0.160 e. The first-order chi connectivity index (χ1) is 10.1. The van der Waals surface area contributed by atoms with Crippen LogP contribution in [0.1, 0.15) is 42.5 Å². The van der Waals surface area contributed by atoms with Crippen LogP contribution in [0.2, 0.25) is 0 Å². The van der Waals surface area contributed by atoms with E-state index in [1.54, 1.807) is 7.11 Å². The van der Waals surface area contributed by atoms with Gasteiger partial charge < -0.3 is 14.8 Å². The number of methoxy groups -OCH3 is 1. The molecule has 0 spiro atoms. The predicted molar refractivity (Wildman–Crippen MR) is 82.5 cm³/mol. The number of aryl methyl sites for hydroxylation is 2. The highest BCUT2D eigenvalue weighted by Gasteiger charge is 2.37. The van der Waals surface area contributed by atoms with E-state index in [0.29, 0.717) is 13.2 Å². The summed E-state index contributed by atoms with van der Waals surface area (Å²) in [6.07, 6.45) is 2.60. The highest BCUT2D eigenvalue weighted by atomic mass is 16.5. The Morgan fingerprint density at radius 3 is 2.33 bits per heavy atom. The summed E-state index contributed by atoms with van der Waals surface area (Å²) >= 11 is 0. The average Bonchev–Trinajstić information content (AvgIpc) is 2.50. The third kappa shape index (κ3) is 3.59. The minimum atomic E-state index is -0.381. The molecule has 1 fully saturated rings. The summed E-state index contributed by atoms with van der Waals surface area (Å²) in [4.78, 5) is 9.52. The van der Waals surface area contributed by atoms with E-state index in [1.165, 1.54) is 5.56 Å². The Balaban J connectivity index is 2.25. The van der Waals surface area contributed by atoms with Gasteiger partial charge in [-0.25, -0.2) is 9.97 Å². The Morgan fingerprint density at radius 1 is 1.19 bits per heavy atom. The van der Waals surface area contributed by atoms with Gasteiger partial charge in [0, 0.05) is 44.6 Å². The van der Waals surface area contributed by atoms with Crippen molar-refractivity contribution in [1.82, 2.24) is 15.3 Å². The molecular weight excluding hydrogens is 266 g/mol. The van der Waals surface area contributed by atoms with Crippen molar-refractivity contribution in [2.45, 2.75) is 45.6 Å². The SMILES string of the molecule is CCNCCc1c(C)nc(C2(OC)CCOCC2)nc1C. The van der Waals surface area contributed by atoms with Gasteiger partial charge in [-0.3, -0.25) is 0 Å². The molecule has 0 aromatic carbocycles. The molecule has 0 bridgehead atoms. The second kappa shape index (κ2) is 7.29. The van der Waals surface area contributed by atoms with Crippen molar-refractivity contribution >= 4 is 0 Å². The molecule has 0 unspecified atom stereocenters. The summed E-state index contributed by atoms with van der Waals surface area (Å²) in [5, 5.41) is 3.35. The minimum absolute atomic E-state index is 0.381. The maximum Gasteiger partial charge on any atom is 0.160 e. The molecule has 118 valence electrons. The summed E-state index contributed by atoms with van der Waals surface area (Å²) in [5.41, 5.74) is 3.00. The number of likely N-dealkylation sites (N-methyl/N-ethyl adjacent to an activating group) is 1. The monoisotopic (exact) mass is 293 g/mol. The third-order valence-corrected chi connectivity index (χ3v) is 4.32. The van der Waals surface area contributed by atoms with Gasteiger partial charge >= 0.3 is 0 Å². The van der Waals surface area contributed by atoms with Crippen LogP contribution in [-0.2, 0) is 21.5 Å². The zero-order valence-corrected chi connectivity index (χ0v) is 13.7. The van der Waals surface area contributed by atoms with Crippen LogP contribution >= 0.6 is 0 Å². The van der Waals surface area contributed by atoms with Gasteiger partial charge in [0.15, 0.2) is 5.82 Å². The average molecular weight is 293 g/mol. The van der Waals surface area contributed by atoms with Crippen molar-refractivity contribution in [2.24, 2.45) is 0 Å². The third-order valence-electron chi connectivity index (χ3n) is 4.32. The molecule has 1 aliphatic rings. The van der Waals surface area contributed by atoms with E-state index >= 15 is 0 Å². The van der Waals surface area contributed by atoms with Crippen LogP contribution in [0.25, 0.3) is 0 Å². The maximum absolute atomic E-state index is 5.80. The molecular formula is C16H27N3O2. The van der Waals surface area contributed by atoms with Crippen LogP contribution in [0.4, 0.5) is 0 Å². The fourth-order valence-corrected chi connectivity index (χ4v) is 2.92. The van der Waals surface area contributed by atoms with Crippen LogP contribution in [0.5, 0.6) is 0 Å². The Bertz CT molecular complexity index is 448. The van der Waals surface area contributed by atoms with Gasteiger partial charge in [-0.15, -0.1) is 0 Å². The van der Waals surface area contributed by atoms with Gasteiger partial charge in [-0.2, -0.15) is 0 Å². The quantitative estimate of drug-likeness (QED) is 0.812. The van der Waals surface area contributed by atoms with Crippen molar-refractivity contribution in [3.05, 3.63) is 22.8 Å². The van der Waals surface area contributed by atoms with Crippen molar-refractivity contribution in [2.75, 3.05) is 33.4 Å². The highest BCUT2D eigenvalue weighted by Crippen LogP contribution is 2.33. The summed E-state index contributed by atoms with van der Waals surface area (Å²) in [5.74, 6) is 0.815. The van der Waals surface area contributed by atoms with Crippen molar-refractivity contribution in [3.8, 4) is 0 Å². The fraction of sp³-hybridized carbons (Fsp3) is 0.750. The lowest BCUT2D eigenvalue weighted by molar-refractivity contribution is -0.100. The Labute approximate surface area is 127 Å². The molecule has 1 aliphatic heterocycles. The molecule has 1 aromatic rings. The maximum atomic E-state index is 5.80. The zero-order valence-electron chi connectivity index (χ0n) is 13.7. The molecule has 1 aromatic heterocycles. The first-order valence-corrected chi connectivity index (χ1v) is 7.81. The molecule has 2 rings (SSSR count). The van der Waals surface area contributed by atoms with Gasteiger partial charge in [-0.05, 0) is 38.9 Å². The van der Waals surface area contributed by atoms with Gasteiger partial charge in [0.25, 0.3) is 0 Å². The van der Waals surface area contributed by atoms with Crippen molar-refractivity contribution in [1.29, 1.82) is 0 Å². The normalized spacial score (nSPS) is 17.9. The first kappa shape index (κ1) is 16.3. The summed E-state index contributed by atoms with van der Waals surface area (Å²) in [7, 11) is 1.75. The molecule has 5 nitrogen and oxygen atoms in total. The highest BCUT2D eigenvalue weighted by molar-refractivity contribution is 5.26. The van der Waals surface area contributed by atoms with E-state index in [2.05, 4.69) is 26.1 Å². The van der Waals surface area contributed by atoms with E-state index in [1.807, 2.05) is 0 Å². The molecule has 1 N–H and O–H groups in total. The molecule has 0 aliphatic carbocycles. The standard InChI is InChI=1S/C16H27N3O2/c1-5-17-9-6-14-12(2)18-15(19-13(14)3)16(20-4)7-10-21-11-8-16/h17H,5-11H2,1-4H3. The van der Waals surface area contributed by atoms with Crippen LogP contribution in [0.3, 0.4) is 0 Å². The topological polar surface area (TPSA) is 56.3 Å². The fourth-order valence-electron chi connectivity index (χ4n) is 2.92. The predicted octanol–water partition coefficient (Wildman–Crippen LogP) is 1.90. The van der Waals surface area contributed by atoms with Crippen LogP contribution in [0, 0.1) is 13.8 Å². The lowest BCUT2D eigenvalue weighted by Crippen LogP contribution is -2.38. The van der Waals surface area contributed by atoms with E-state index in [-0.39, 0.29) is 5.60 Å². The van der Waals surface area contributed by atoms with E-state index < -0.39 is 0 Å². The number of hydrogen-bond donors (Lipinski definition) is 1. The number of ether oxygens (including phenoxy) is 2. The van der Waals surface area contributed by atoms with Crippen molar-refractivity contribution < 1.29 is 9.47 Å². The second-order valence-corrected chi connectivity index (χ2v) is 5.61. The van der Waals surface area contributed by atoms with Crippen LogP contribution in [-0.4, -0.2) is 43.4 Å². The van der Waals surface area contributed by atoms with Gasteiger partial charge in [0.2, 0.25) is 0 Å². The molecule has 1 saturated heterocycles. The van der Waals surface area contributed by atoms with E-state index in [4.69, 9.17) is 19.4 Å². The van der Waals surface area contributed by atoms with Crippen LogP contribution < -0.4 is 5.32 Å². The van der Waals surface area contributed by atoms with E-state index in [0.717, 1.165) is 49.6 Å². The van der Waals surface area contributed by atoms with Gasteiger partial charge in [0.1, 0.15) is 5.60 Å². The lowest BCUT2D eigenvalue weighted by atomic mass is 9.92. The van der Waals surface area contributed by atoms with Crippen LogP contribution in [0.15, 0.2) is 0 Å². The van der Waals surface area contributed by atoms with Gasteiger partial charge in [0.05, 0.1) is 0 Å². The molecule has 21 heavy (non-hydrogen) atoms. The Hall–Kier alpha value is -1.04.